The van der Waals surface area contributed by atoms with E-state index in [1.807, 2.05) is 67.5 Å². The van der Waals surface area contributed by atoms with Crippen molar-refractivity contribution in [3.8, 4) is 17.6 Å². The number of carbonyl (C=O) groups excluding carboxylic acids is 2. The first-order valence-electron chi connectivity index (χ1n) is 10.1. The van der Waals surface area contributed by atoms with Gasteiger partial charge < -0.3 is 19.1 Å². The predicted octanol–water partition coefficient (Wildman–Crippen LogP) is 3.51. The van der Waals surface area contributed by atoms with E-state index in [9.17, 15) is 9.59 Å². The van der Waals surface area contributed by atoms with Crippen molar-refractivity contribution < 1.29 is 23.8 Å². The summed E-state index contributed by atoms with van der Waals surface area (Å²) in [6.45, 7) is 0.343. The first-order valence-corrected chi connectivity index (χ1v) is 10.4. The van der Waals surface area contributed by atoms with E-state index in [0.717, 1.165) is 17.7 Å². The van der Waals surface area contributed by atoms with Crippen LogP contribution in [0.15, 0.2) is 54.7 Å². The Morgan fingerprint density at radius 1 is 1.03 bits per heavy atom. The highest BCUT2D eigenvalue weighted by Gasteiger charge is 2.29. The van der Waals surface area contributed by atoms with E-state index in [1.165, 1.54) is 6.20 Å². The van der Waals surface area contributed by atoms with Gasteiger partial charge in [0.15, 0.2) is 0 Å². The van der Waals surface area contributed by atoms with E-state index >= 15 is 0 Å². The molecule has 1 atom stereocenters. The molecule has 4 rings (SSSR count). The lowest BCUT2D eigenvalue weighted by atomic mass is 10.1. The lowest BCUT2D eigenvalue weighted by Gasteiger charge is -2.21. The lowest BCUT2D eigenvalue weighted by molar-refractivity contribution is -0.156. The maximum absolute atomic E-state index is 11.7. The van der Waals surface area contributed by atoms with Crippen molar-refractivity contribution in [1.82, 2.24) is 9.55 Å². The second-order valence-corrected chi connectivity index (χ2v) is 8.02. The second-order valence-electron chi connectivity index (χ2n) is 7.59. The minimum Gasteiger partial charge on any atom is -0.489 e. The maximum Gasteiger partial charge on any atom is 0.425 e. The number of hydrogen-bond donors (Lipinski definition) is 0. The Labute approximate surface area is 190 Å². The molecule has 1 aliphatic heterocycles. The molecule has 166 valence electrons. The number of fused-ring (bicyclic) bond motifs is 2. The number of benzene rings is 2. The first kappa shape index (κ1) is 21.7. The molecule has 2 heterocycles. The molecule has 32 heavy (non-hydrogen) atoms. The number of ether oxygens (including phenoxy) is 3. The molecule has 3 aromatic rings. The van der Waals surface area contributed by atoms with Gasteiger partial charge >= 0.3 is 17.9 Å². The average molecular weight is 456 g/mol. The Morgan fingerprint density at radius 2 is 1.72 bits per heavy atom. The summed E-state index contributed by atoms with van der Waals surface area (Å²) in [6.07, 6.45) is 2.68. The van der Waals surface area contributed by atoms with Crippen LogP contribution in [0.4, 0.5) is 5.69 Å². The molecule has 9 heteroatoms. The molecule has 0 aliphatic carbocycles. The van der Waals surface area contributed by atoms with Crippen LogP contribution in [0.2, 0.25) is 5.02 Å². The van der Waals surface area contributed by atoms with Gasteiger partial charge in [-0.15, -0.1) is 0 Å². The summed E-state index contributed by atoms with van der Waals surface area (Å²) in [4.78, 5) is 29.2. The summed E-state index contributed by atoms with van der Waals surface area (Å²) in [7, 11) is 3.95. The van der Waals surface area contributed by atoms with Gasteiger partial charge in [0.25, 0.3) is 0 Å². The molecule has 0 amide bonds. The fraction of sp³-hybridized carbons (Fsp3) is 0.261. The topological polar surface area (TPSA) is 82.9 Å². The number of carbonyl (C=O) groups is 2. The molecule has 0 radical (unpaired) electrons. The van der Waals surface area contributed by atoms with Gasteiger partial charge in [0.1, 0.15) is 11.9 Å². The maximum atomic E-state index is 11.7. The monoisotopic (exact) mass is 455 g/mol. The molecule has 1 unspecified atom stereocenters. The number of aryl methyl sites for hydroxylation is 1. The number of nitrogens with zero attached hydrogens (tertiary/aromatic N) is 3. The van der Waals surface area contributed by atoms with Crippen LogP contribution in [0.5, 0.6) is 17.6 Å². The summed E-state index contributed by atoms with van der Waals surface area (Å²) in [5.41, 5.74) is 2.19. The minimum atomic E-state index is -1.10. The highest BCUT2D eigenvalue weighted by Crippen LogP contribution is 2.25. The zero-order chi connectivity index (χ0) is 22.7. The molecule has 8 nitrogen and oxygen atoms in total. The summed E-state index contributed by atoms with van der Waals surface area (Å²) >= 11 is 5.99. The van der Waals surface area contributed by atoms with Crippen LogP contribution in [0.25, 0.3) is 0 Å². The Bertz CT molecular complexity index is 1110. The number of anilines is 1. The molecule has 1 aliphatic rings. The number of aromatic nitrogens is 2. The van der Waals surface area contributed by atoms with E-state index < -0.39 is 11.9 Å². The molecule has 0 N–H and O–H groups in total. The average Bonchev–Trinajstić information content (AvgIpc) is 3.06. The van der Waals surface area contributed by atoms with Crippen molar-refractivity contribution in [2.45, 2.75) is 25.5 Å². The van der Waals surface area contributed by atoms with Gasteiger partial charge in [-0.25, -0.2) is 9.59 Å². The van der Waals surface area contributed by atoms with Crippen molar-refractivity contribution in [3.05, 3.63) is 65.3 Å². The van der Waals surface area contributed by atoms with Gasteiger partial charge in [-0.1, -0.05) is 23.7 Å². The third-order valence-corrected chi connectivity index (χ3v) is 5.24. The van der Waals surface area contributed by atoms with Crippen LogP contribution >= 0.6 is 11.6 Å². The molecule has 0 fully saturated rings. The van der Waals surface area contributed by atoms with Crippen molar-refractivity contribution in [2.24, 2.45) is 0 Å². The van der Waals surface area contributed by atoms with E-state index in [-0.39, 0.29) is 18.0 Å². The Hall–Kier alpha value is -3.52. The lowest BCUT2D eigenvalue weighted by Crippen LogP contribution is -2.28. The standard InChI is InChI=1S/C23H22ClN3O5/c1-26(2)17-8-11-18(12-9-17)30-19(10-5-15-3-6-16(24)7-4-15)13-27-14-20-25-23(27)32-22(29)21(28)31-20/h3-4,6-9,11-12,14,19H,5,10,13H2,1-2H3. The van der Waals surface area contributed by atoms with Gasteiger partial charge in [0.05, 0.1) is 12.7 Å². The number of imidazole rings is 1. The SMILES string of the molecule is CN(C)c1ccc(OC(CCc2ccc(Cl)cc2)Cn2cc3nc2OC(=O)C(=O)O3)cc1. The van der Waals surface area contributed by atoms with Crippen LogP contribution in [0.3, 0.4) is 0 Å². The molecule has 2 aromatic carbocycles. The molecular formula is C23H22ClN3O5. The Kier molecular flexibility index (Phi) is 6.32. The normalized spacial score (nSPS) is 13.7. The van der Waals surface area contributed by atoms with Crippen LogP contribution < -0.4 is 19.1 Å². The Morgan fingerprint density at radius 3 is 2.41 bits per heavy atom. The van der Waals surface area contributed by atoms with E-state index in [2.05, 4.69) is 4.98 Å². The summed E-state index contributed by atoms with van der Waals surface area (Å²) in [6, 6.07) is 15.4. The van der Waals surface area contributed by atoms with Crippen LogP contribution in [0.1, 0.15) is 12.0 Å². The quantitative estimate of drug-likeness (QED) is 0.379. The number of halogens is 1. The van der Waals surface area contributed by atoms with Gasteiger partial charge in [-0.3, -0.25) is 4.57 Å². The zero-order valence-electron chi connectivity index (χ0n) is 17.7. The van der Waals surface area contributed by atoms with Crippen LogP contribution in [-0.4, -0.2) is 41.7 Å². The van der Waals surface area contributed by atoms with Crippen molar-refractivity contribution in [1.29, 1.82) is 0 Å². The summed E-state index contributed by atoms with van der Waals surface area (Å²) in [5.74, 6) is -1.46. The minimum absolute atomic E-state index is 0.00102. The smallest absolute Gasteiger partial charge is 0.425 e. The fourth-order valence-electron chi connectivity index (χ4n) is 3.30. The van der Waals surface area contributed by atoms with Crippen molar-refractivity contribution in [3.63, 3.8) is 0 Å². The summed E-state index contributed by atoms with van der Waals surface area (Å²) < 4.78 is 17.8. The fourth-order valence-corrected chi connectivity index (χ4v) is 3.43. The van der Waals surface area contributed by atoms with E-state index in [4.69, 9.17) is 25.8 Å². The summed E-state index contributed by atoms with van der Waals surface area (Å²) in [5, 5.41) is 0.684. The van der Waals surface area contributed by atoms with Gasteiger partial charge in [0, 0.05) is 24.8 Å². The molecule has 0 saturated carbocycles. The third kappa shape index (κ3) is 5.20. The van der Waals surface area contributed by atoms with Crippen LogP contribution in [0, 0.1) is 0 Å². The molecular weight excluding hydrogens is 434 g/mol. The predicted molar refractivity (Wildman–Crippen MR) is 118 cm³/mol. The number of rotatable bonds is 8. The van der Waals surface area contributed by atoms with Gasteiger partial charge in [-0.05, 0) is 54.8 Å². The number of hydrogen-bond acceptors (Lipinski definition) is 7. The second kappa shape index (κ2) is 9.32. The Balaban J connectivity index is 1.52. The number of esters is 2. The molecule has 0 saturated heterocycles. The molecule has 1 aromatic heterocycles. The van der Waals surface area contributed by atoms with Crippen LogP contribution in [-0.2, 0) is 22.6 Å². The largest absolute Gasteiger partial charge is 0.489 e. The van der Waals surface area contributed by atoms with Gasteiger partial charge in [-0.2, -0.15) is 4.98 Å². The van der Waals surface area contributed by atoms with Gasteiger partial charge in [0.2, 0.25) is 5.88 Å². The third-order valence-electron chi connectivity index (χ3n) is 4.99. The highest BCUT2D eigenvalue weighted by molar-refractivity contribution is 6.31. The molecule has 0 spiro atoms. The van der Waals surface area contributed by atoms with E-state index in [1.54, 1.807) is 4.57 Å². The molecule has 2 bridgehead atoms. The highest BCUT2D eigenvalue weighted by atomic mass is 35.5. The zero-order valence-corrected chi connectivity index (χ0v) is 18.4. The first-order chi connectivity index (χ1) is 15.4. The van der Waals surface area contributed by atoms with Crippen molar-refractivity contribution >= 4 is 29.2 Å². The van der Waals surface area contributed by atoms with E-state index in [0.29, 0.717) is 23.7 Å². The van der Waals surface area contributed by atoms with Crippen molar-refractivity contribution in [2.75, 3.05) is 19.0 Å².